The molecular weight excluding hydrogens is 240 g/mol. The van der Waals surface area contributed by atoms with E-state index in [9.17, 15) is 0 Å². The fourth-order valence-electron chi connectivity index (χ4n) is 2.37. The molecule has 0 aliphatic heterocycles. The van der Waals surface area contributed by atoms with Crippen LogP contribution in [-0.2, 0) is 6.54 Å². The molecule has 1 aliphatic carbocycles. The lowest BCUT2D eigenvalue weighted by atomic mass is 10.1. The Labute approximate surface area is 112 Å². The molecule has 3 rings (SSSR count). The minimum Gasteiger partial charge on any atom is -0.494 e. The maximum absolute atomic E-state index is 5.76. The number of aromatic nitrogens is 3. The molecule has 2 aromatic rings. The molecule has 19 heavy (non-hydrogen) atoms. The highest BCUT2D eigenvalue weighted by atomic mass is 16.5. The van der Waals surface area contributed by atoms with Gasteiger partial charge in [-0.2, -0.15) is 0 Å². The predicted octanol–water partition coefficient (Wildman–Crippen LogP) is 1.92. The fourth-order valence-corrected chi connectivity index (χ4v) is 2.37. The van der Waals surface area contributed by atoms with Crippen LogP contribution in [-0.4, -0.2) is 22.1 Å². The molecule has 0 bridgehead atoms. The third-order valence-electron chi connectivity index (χ3n) is 3.50. The molecule has 5 nitrogen and oxygen atoms in total. The van der Waals surface area contributed by atoms with E-state index < -0.39 is 0 Å². The van der Waals surface area contributed by atoms with Gasteiger partial charge in [-0.1, -0.05) is 11.3 Å². The number of hydrogen-bond donors (Lipinski definition) is 1. The summed E-state index contributed by atoms with van der Waals surface area (Å²) in [5, 5.41) is 8.48. The monoisotopic (exact) mass is 258 g/mol. The Morgan fingerprint density at radius 2 is 2.21 bits per heavy atom. The number of ether oxygens (including phenoxy) is 1. The SMILES string of the molecule is COc1ccc(C)cc1-n1nnc(CN)c1C1CC1. The van der Waals surface area contributed by atoms with Crippen LogP contribution in [0.1, 0.15) is 35.7 Å². The summed E-state index contributed by atoms with van der Waals surface area (Å²) < 4.78 is 7.33. The van der Waals surface area contributed by atoms with E-state index in [-0.39, 0.29) is 0 Å². The molecule has 0 saturated heterocycles. The van der Waals surface area contributed by atoms with Crippen molar-refractivity contribution in [2.24, 2.45) is 5.73 Å². The number of nitrogens with zero attached hydrogens (tertiary/aromatic N) is 3. The van der Waals surface area contributed by atoms with Crippen LogP contribution in [0.2, 0.25) is 0 Å². The molecule has 1 aromatic carbocycles. The van der Waals surface area contributed by atoms with E-state index in [1.54, 1.807) is 7.11 Å². The van der Waals surface area contributed by atoms with Crippen LogP contribution < -0.4 is 10.5 Å². The van der Waals surface area contributed by atoms with Gasteiger partial charge in [0, 0.05) is 12.5 Å². The van der Waals surface area contributed by atoms with E-state index in [4.69, 9.17) is 10.5 Å². The zero-order chi connectivity index (χ0) is 13.4. The van der Waals surface area contributed by atoms with Crippen molar-refractivity contribution in [3.63, 3.8) is 0 Å². The summed E-state index contributed by atoms with van der Waals surface area (Å²) in [6.07, 6.45) is 2.38. The Bertz CT molecular complexity index is 601. The topological polar surface area (TPSA) is 66.0 Å². The summed E-state index contributed by atoms with van der Waals surface area (Å²) in [5.41, 5.74) is 9.91. The van der Waals surface area contributed by atoms with Crippen LogP contribution in [0.25, 0.3) is 5.69 Å². The first kappa shape index (κ1) is 12.2. The summed E-state index contributed by atoms with van der Waals surface area (Å²) in [7, 11) is 1.67. The van der Waals surface area contributed by atoms with Crippen molar-refractivity contribution in [3.8, 4) is 11.4 Å². The Balaban J connectivity index is 2.16. The molecule has 1 saturated carbocycles. The van der Waals surface area contributed by atoms with Crippen LogP contribution in [0.5, 0.6) is 5.75 Å². The summed E-state index contributed by atoms with van der Waals surface area (Å²) >= 11 is 0. The zero-order valence-corrected chi connectivity index (χ0v) is 11.3. The lowest BCUT2D eigenvalue weighted by molar-refractivity contribution is 0.411. The molecule has 1 fully saturated rings. The van der Waals surface area contributed by atoms with E-state index in [1.807, 2.05) is 16.8 Å². The van der Waals surface area contributed by atoms with E-state index in [0.717, 1.165) is 22.8 Å². The van der Waals surface area contributed by atoms with Gasteiger partial charge in [0.1, 0.15) is 17.1 Å². The highest BCUT2D eigenvalue weighted by Crippen LogP contribution is 2.42. The number of aryl methyl sites for hydroxylation is 1. The average Bonchev–Trinajstić information content (AvgIpc) is 3.17. The summed E-state index contributed by atoms with van der Waals surface area (Å²) in [5.74, 6) is 1.35. The van der Waals surface area contributed by atoms with Gasteiger partial charge in [0.25, 0.3) is 0 Å². The third kappa shape index (κ3) is 2.10. The highest BCUT2D eigenvalue weighted by molar-refractivity contribution is 5.50. The van der Waals surface area contributed by atoms with E-state index in [0.29, 0.717) is 12.5 Å². The lowest BCUT2D eigenvalue weighted by Gasteiger charge is -2.12. The quantitative estimate of drug-likeness (QED) is 0.910. The van der Waals surface area contributed by atoms with Crippen molar-refractivity contribution in [1.29, 1.82) is 0 Å². The number of hydrogen-bond acceptors (Lipinski definition) is 4. The molecule has 100 valence electrons. The van der Waals surface area contributed by atoms with Gasteiger partial charge in [-0.05, 0) is 37.5 Å². The van der Waals surface area contributed by atoms with Crippen LogP contribution in [0.4, 0.5) is 0 Å². The normalized spacial score (nSPS) is 14.7. The van der Waals surface area contributed by atoms with E-state index >= 15 is 0 Å². The minimum absolute atomic E-state index is 0.431. The molecule has 1 aromatic heterocycles. The Morgan fingerprint density at radius 1 is 1.42 bits per heavy atom. The molecule has 1 heterocycles. The number of rotatable bonds is 4. The molecule has 1 aliphatic rings. The first-order chi connectivity index (χ1) is 9.24. The third-order valence-corrected chi connectivity index (χ3v) is 3.50. The summed E-state index contributed by atoms with van der Waals surface area (Å²) in [6, 6.07) is 6.06. The van der Waals surface area contributed by atoms with Crippen molar-refractivity contribution in [1.82, 2.24) is 15.0 Å². The van der Waals surface area contributed by atoms with Gasteiger partial charge in [-0.15, -0.1) is 5.10 Å². The molecule has 0 amide bonds. The van der Waals surface area contributed by atoms with Crippen molar-refractivity contribution in [2.75, 3.05) is 7.11 Å². The number of nitrogens with two attached hydrogens (primary N) is 1. The van der Waals surface area contributed by atoms with Crippen LogP contribution in [0.15, 0.2) is 18.2 Å². The van der Waals surface area contributed by atoms with Crippen LogP contribution >= 0.6 is 0 Å². The fraction of sp³-hybridized carbons (Fsp3) is 0.429. The van der Waals surface area contributed by atoms with Gasteiger partial charge >= 0.3 is 0 Å². The van der Waals surface area contributed by atoms with Crippen LogP contribution in [0, 0.1) is 6.92 Å². The maximum Gasteiger partial charge on any atom is 0.144 e. The average molecular weight is 258 g/mol. The summed E-state index contributed by atoms with van der Waals surface area (Å²) in [4.78, 5) is 0. The first-order valence-electron chi connectivity index (χ1n) is 6.54. The van der Waals surface area contributed by atoms with Gasteiger partial charge in [0.05, 0.1) is 12.8 Å². The van der Waals surface area contributed by atoms with Gasteiger partial charge in [-0.25, -0.2) is 4.68 Å². The van der Waals surface area contributed by atoms with Gasteiger partial charge in [0.15, 0.2) is 0 Å². The Hall–Kier alpha value is -1.88. The predicted molar refractivity (Wildman–Crippen MR) is 72.5 cm³/mol. The standard InChI is InChI=1S/C14H18N4O/c1-9-3-6-13(19-2)12(7-9)18-14(10-4-5-10)11(8-15)16-17-18/h3,6-7,10H,4-5,8,15H2,1-2H3. The second kappa shape index (κ2) is 4.66. The van der Waals surface area contributed by atoms with Crippen molar-refractivity contribution >= 4 is 0 Å². The molecule has 0 unspecified atom stereocenters. The first-order valence-corrected chi connectivity index (χ1v) is 6.54. The molecule has 0 radical (unpaired) electrons. The van der Waals surface area contributed by atoms with Crippen molar-refractivity contribution in [2.45, 2.75) is 32.2 Å². The van der Waals surface area contributed by atoms with Gasteiger partial charge in [0.2, 0.25) is 0 Å². The molecule has 5 heteroatoms. The number of benzene rings is 1. The van der Waals surface area contributed by atoms with Crippen molar-refractivity contribution in [3.05, 3.63) is 35.2 Å². The molecular formula is C14H18N4O. The van der Waals surface area contributed by atoms with Crippen molar-refractivity contribution < 1.29 is 4.74 Å². The van der Waals surface area contributed by atoms with E-state index in [1.165, 1.54) is 18.4 Å². The second-order valence-electron chi connectivity index (χ2n) is 4.99. The Morgan fingerprint density at radius 3 is 2.84 bits per heavy atom. The highest BCUT2D eigenvalue weighted by Gasteiger charge is 2.31. The summed E-state index contributed by atoms with van der Waals surface area (Å²) in [6.45, 7) is 2.49. The van der Waals surface area contributed by atoms with Gasteiger partial charge in [-0.3, -0.25) is 0 Å². The number of methoxy groups -OCH3 is 1. The minimum atomic E-state index is 0.431. The smallest absolute Gasteiger partial charge is 0.144 e. The molecule has 2 N–H and O–H groups in total. The second-order valence-corrected chi connectivity index (χ2v) is 4.99. The molecule has 0 spiro atoms. The van der Waals surface area contributed by atoms with Crippen LogP contribution in [0.3, 0.4) is 0 Å². The van der Waals surface area contributed by atoms with E-state index in [2.05, 4.69) is 23.3 Å². The molecule has 0 atom stereocenters. The largest absolute Gasteiger partial charge is 0.494 e. The zero-order valence-electron chi connectivity index (χ0n) is 11.3. The maximum atomic E-state index is 5.76. The lowest BCUT2D eigenvalue weighted by Crippen LogP contribution is -2.06. The van der Waals surface area contributed by atoms with Gasteiger partial charge < -0.3 is 10.5 Å². The Kier molecular flexibility index (Phi) is 2.98.